The van der Waals surface area contributed by atoms with Crippen molar-refractivity contribution < 1.29 is 76.2 Å². The van der Waals surface area contributed by atoms with E-state index in [4.69, 9.17) is 29.0 Å². The highest BCUT2D eigenvalue weighted by Gasteiger charge is 2.42. The maximum Gasteiger partial charge on any atom is 0.481 e. The van der Waals surface area contributed by atoms with Gasteiger partial charge in [0, 0.05) is 25.0 Å². The second kappa shape index (κ2) is 37.2. The number of phosphoric ester groups is 2. The van der Waals surface area contributed by atoms with Crippen LogP contribution in [0.25, 0.3) is 0 Å². The average molecular weight is 1110 g/mol. The summed E-state index contributed by atoms with van der Waals surface area (Å²) in [5.74, 6) is -4.75. The monoisotopic (exact) mass is 1110 g/mol. The van der Waals surface area contributed by atoms with Gasteiger partial charge >= 0.3 is 33.3 Å². The van der Waals surface area contributed by atoms with E-state index in [1.165, 1.54) is 30.5 Å². The fraction of sp³-hybridized carbons (Fsp3) is 0.574. The molecule has 3 rings (SSSR count). The zero-order valence-electron chi connectivity index (χ0n) is 43.9. The fourth-order valence-electron chi connectivity index (χ4n) is 7.72. The highest BCUT2D eigenvalue weighted by molar-refractivity contribution is 7.61. The summed E-state index contributed by atoms with van der Waals surface area (Å²) in [7, 11) is -11.3. The molecule has 0 radical (unpaired) electrons. The van der Waals surface area contributed by atoms with Crippen molar-refractivity contribution in [3.63, 3.8) is 0 Å². The Bertz CT molecular complexity index is 2310. The number of ether oxygens (including phenoxy) is 3. The number of aliphatic hydroxyl groups is 3. The molecule has 20 nitrogen and oxygen atoms in total. The van der Waals surface area contributed by atoms with Crippen molar-refractivity contribution in [3.8, 4) is 0 Å². The lowest BCUT2D eigenvalue weighted by molar-refractivity contribution is -0.167. The van der Waals surface area contributed by atoms with Gasteiger partial charge in [-0.1, -0.05) is 131 Å². The number of nitrogens with zero attached hydrogens (tertiary/aromatic N) is 2. The number of aliphatic hydroxyl groups excluding tert-OH is 3. The van der Waals surface area contributed by atoms with Crippen LogP contribution in [0.15, 0.2) is 114 Å². The van der Waals surface area contributed by atoms with Crippen LogP contribution < -0.4 is 11.4 Å². The summed E-state index contributed by atoms with van der Waals surface area (Å²) in [6.45, 7) is 1.40. The Morgan fingerprint density at radius 3 is 2.17 bits per heavy atom. The number of phosphoric acid groups is 2. The lowest BCUT2D eigenvalue weighted by atomic mass is 9.88. The molecule has 3 heterocycles. The first-order valence-corrected chi connectivity index (χ1v) is 29.3. The molecule has 2 bridgehead atoms. The largest absolute Gasteiger partial charge is 0.481 e. The third-order valence-corrected chi connectivity index (χ3v) is 14.5. The van der Waals surface area contributed by atoms with Gasteiger partial charge in [0.05, 0.1) is 31.3 Å². The van der Waals surface area contributed by atoms with Gasteiger partial charge in [-0.2, -0.15) is 9.29 Å². The van der Waals surface area contributed by atoms with E-state index < -0.39 is 107 Å². The summed E-state index contributed by atoms with van der Waals surface area (Å²) in [5, 5.41) is 33.9. The third kappa shape index (κ3) is 27.6. The van der Waals surface area contributed by atoms with E-state index in [1.807, 2.05) is 6.92 Å². The summed E-state index contributed by atoms with van der Waals surface area (Å²) in [6, 6.07) is 1.27. The maximum atomic E-state index is 13.8. The lowest BCUT2D eigenvalue weighted by Gasteiger charge is -2.36. The van der Waals surface area contributed by atoms with Crippen molar-refractivity contribution in [3.05, 3.63) is 120 Å². The zero-order valence-corrected chi connectivity index (χ0v) is 45.7. The molecule has 76 heavy (non-hydrogen) atoms. The van der Waals surface area contributed by atoms with E-state index in [1.54, 1.807) is 12.2 Å². The number of cyclic esters (lactones) is 1. The number of nitrogen functional groups attached to an aromatic ring is 1. The summed E-state index contributed by atoms with van der Waals surface area (Å²) in [4.78, 5) is 78.0. The van der Waals surface area contributed by atoms with Gasteiger partial charge in [0.2, 0.25) is 0 Å². The molecule has 0 saturated carbocycles. The number of hydrogen-bond donors (Lipinski definition) is 6. The molecule has 0 aliphatic carbocycles. The Hall–Kier alpha value is -4.69. The Labute approximate surface area is 447 Å². The molecular formula is C54H81N3O17P2. The minimum atomic E-state index is -5.69. The van der Waals surface area contributed by atoms with E-state index in [-0.39, 0.29) is 31.5 Å². The van der Waals surface area contributed by atoms with Gasteiger partial charge in [-0.05, 0) is 89.2 Å². The third-order valence-electron chi connectivity index (χ3n) is 11.9. The van der Waals surface area contributed by atoms with Gasteiger partial charge in [-0.15, -0.1) is 0 Å². The van der Waals surface area contributed by atoms with Crippen LogP contribution in [0, 0.1) is 11.8 Å². The number of unbranched alkanes of at least 4 members (excludes halogenated alkanes) is 5. The van der Waals surface area contributed by atoms with Crippen molar-refractivity contribution in [1.82, 2.24) is 9.55 Å². The Morgan fingerprint density at radius 2 is 1.51 bits per heavy atom. The Balaban J connectivity index is 1.73. The fourth-order valence-corrected chi connectivity index (χ4v) is 9.83. The van der Waals surface area contributed by atoms with Crippen LogP contribution in [0.1, 0.15) is 136 Å². The first kappa shape index (κ1) is 65.6. The lowest BCUT2D eigenvalue weighted by Crippen LogP contribution is -2.49. The molecule has 2 aliphatic rings. The second-order valence-corrected chi connectivity index (χ2v) is 21.3. The normalized spacial score (nSPS) is 28.6. The number of nitrogens with two attached hydrogens (primary N) is 1. The Kier molecular flexibility index (Phi) is 32.1. The number of carbonyl (C=O) groups is 3. The number of ketones is 1. The molecule has 0 aromatic carbocycles. The quantitative estimate of drug-likeness (QED) is 0.0258. The molecule has 0 saturated heterocycles. The second-order valence-electron chi connectivity index (χ2n) is 18.3. The van der Waals surface area contributed by atoms with Crippen LogP contribution >= 0.6 is 15.6 Å². The van der Waals surface area contributed by atoms with Crippen LogP contribution in [0.5, 0.6) is 0 Å². The van der Waals surface area contributed by atoms with Crippen LogP contribution in [0.2, 0.25) is 0 Å². The molecule has 2 aliphatic heterocycles. The summed E-state index contributed by atoms with van der Waals surface area (Å²) in [6.07, 6.45) is 31.6. The highest BCUT2D eigenvalue weighted by Crippen LogP contribution is 2.60. The zero-order chi connectivity index (χ0) is 55.6. The number of allylic oxidation sites excluding steroid dienone is 13. The van der Waals surface area contributed by atoms with Crippen molar-refractivity contribution in [2.45, 2.75) is 166 Å². The maximum absolute atomic E-state index is 13.8. The number of fused-ring (bicyclic) bond motifs is 3. The minimum absolute atomic E-state index is 0.0353. The van der Waals surface area contributed by atoms with Gasteiger partial charge < -0.3 is 45.1 Å². The first-order chi connectivity index (χ1) is 36.4. The van der Waals surface area contributed by atoms with Gasteiger partial charge in [0.25, 0.3) is 0 Å². The van der Waals surface area contributed by atoms with E-state index in [2.05, 4.69) is 77.0 Å². The predicted molar refractivity (Wildman–Crippen MR) is 288 cm³/mol. The van der Waals surface area contributed by atoms with Gasteiger partial charge in [-0.3, -0.25) is 28.0 Å². The van der Waals surface area contributed by atoms with E-state index >= 15 is 0 Å². The number of aromatic nitrogens is 2. The van der Waals surface area contributed by atoms with Crippen molar-refractivity contribution >= 4 is 39.2 Å². The standard InChI is InChI=1S/C54H81N3O17P2/c1-3-5-7-8-9-10-11-12-13-14-15-16-17-18-19-20-21-22-28-32-50(61)72-44-39-69-49(60)31-27-24-23-26-29-42-33-36-46(59)45(35-34-43(58)30-25-6-4-2)51(62)52(63)47(41-71-76(67,68)74-75(65,66)70-40-44)73-53(42)57-38-37-48(55)56-54(57)64/h5,7,9-10,12-13,15-16,18-19,23,26,33-38,42-45,47,51-53,58,62-63H,3-4,6,8,11,14,17,20-22,24-25,27-32,39-41H2,1-2H3,(H,65,66)(H,67,68)(H2,55,56,64)/b7-5-,10-9-,13-12-,16-15-,19-18-,26-23-,35-34+,36-33-/t42-,43-,44+,45-,47+,51-,52+,53+/m0/s1. The number of anilines is 1. The number of rotatable bonds is 23. The molecule has 424 valence electrons. The molecule has 0 spiro atoms. The van der Waals surface area contributed by atoms with Gasteiger partial charge in [-0.25, -0.2) is 13.9 Å². The van der Waals surface area contributed by atoms with Gasteiger partial charge in [0.1, 0.15) is 30.9 Å². The van der Waals surface area contributed by atoms with Gasteiger partial charge in [0.15, 0.2) is 11.9 Å². The van der Waals surface area contributed by atoms with Crippen molar-refractivity contribution in [1.29, 1.82) is 0 Å². The summed E-state index contributed by atoms with van der Waals surface area (Å²) in [5.41, 5.74) is 4.83. The van der Waals surface area contributed by atoms with Crippen LogP contribution in [0.3, 0.4) is 0 Å². The SMILES string of the molecule is CC/C=C\C/C=C\C/C=C\C/C=C\C/C=C\CCCCCC(=O)O[C@@H]1COC(=O)CCC/C=C\C[C@H]2/C=C\C(=O)[C@H](/C=C/[C@@H](O)CCCCC)[C@H](O)[C@H](O)[C@@H](COP(=O)(O)OP(=O)(O)OC1)O[C@H]2n1ccc(N)nc1=O. The van der Waals surface area contributed by atoms with Crippen LogP contribution in [0.4, 0.5) is 5.82 Å². The topological polar surface area (TPSA) is 303 Å². The molecule has 2 unspecified atom stereocenters. The van der Waals surface area contributed by atoms with E-state index in [0.717, 1.165) is 68.4 Å². The molecule has 10 atom stereocenters. The van der Waals surface area contributed by atoms with Crippen LogP contribution in [-0.4, -0.2) is 103 Å². The number of hydrogen-bond acceptors (Lipinski definition) is 17. The van der Waals surface area contributed by atoms with E-state index in [0.29, 0.717) is 32.1 Å². The van der Waals surface area contributed by atoms with Crippen molar-refractivity contribution in [2.24, 2.45) is 11.8 Å². The molecule has 0 amide bonds. The molecule has 0 fully saturated rings. The average Bonchev–Trinajstić information content (AvgIpc) is 3.37. The highest BCUT2D eigenvalue weighted by atomic mass is 31.3. The Morgan fingerprint density at radius 1 is 0.855 bits per heavy atom. The molecule has 22 heteroatoms. The number of esters is 2. The molecular weight excluding hydrogens is 1020 g/mol. The van der Waals surface area contributed by atoms with Crippen molar-refractivity contribution in [2.75, 3.05) is 25.6 Å². The predicted octanol–water partition coefficient (Wildman–Crippen LogP) is 8.84. The molecule has 7 N–H and O–H groups in total. The van der Waals surface area contributed by atoms with E-state index in [9.17, 15) is 53.4 Å². The first-order valence-electron chi connectivity index (χ1n) is 26.3. The summed E-state index contributed by atoms with van der Waals surface area (Å²) >= 11 is 0. The molecule has 1 aromatic rings. The minimum Gasteiger partial charge on any atom is -0.462 e. The molecule has 1 aromatic heterocycles. The summed E-state index contributed by atoms with van der Waals surface area (Å²) < 4.78 is 59.1. The smallest absolute Gasteiger partial charge is 0.462 e. The number of carbonyl (C=O) groups excluding carboxylic acids is 3. The van der Waals surface area contributed by atoms with Crippen LogP contribution in [-0.2, 0) is 51.1 Å².